The van der Waals surface area contributed by atoms with Crippen molar-refractivity contribution in [3.8, 4) is 0 Å². The molecule has 20 heavy (non-hydrogen) atoms. The molecular weight excluding hydrogens is 357 g/mol. The van der Waals surface area contributed by atoms with Crippen LogP contribution < -0.4 is 0 Å². The first-order valence-corrected chi connectivity index (χ1v) is 6.52. The average molecular weight is 363 g/mol. The van der Waals surface area contributed by atoms with E-state index in [-0.39, 0.29) is 10.0 Å². The quantitative estimate of drug-likeness (QED) is 0.390. The molecule has 1 nitrogen and oxygen atoms in total. The van der Waals surface area contributed by atoms with Crippen molar-refractivity contribution in [1.29, 1.82) is 0 Å². The van der Waals surface area contributed by atoms with Gasteiger partial charge in [0.25, 0.3) is 0 Å². The zero-order valence-electron chi connectivity index (χ0n) is 9.56. The van der Waals surface area contributed by atoms with Crippen molar-refractivity contribution in [2.75, 3.05) is 0 Å². The Morgan fingerprint density at radius 2 is 1.50 bits per heavy atom. The van der Waals surface area contributed by atoms with E-state index in [0.29, 0.717) is 5.15 Å². The molecule has 1 heterocycles. The van der Waals surface area contributed by atoms with Gasteiger partial charge in [-0.15, -0.1) is 0 Å². The van der Waals surface area contributed by atoms with Crippen molar-refractivity contribution in [3.63, 3.8) is 0 Å². The average Bonchev–Trinajstić information content (AvgIpc) is 2.36. The van der Waals surface area contributed by atoms with E-state index in [1.54, 1.807) is 12.3 Å². The SMILES string of the molecule is Clc1ccccn1.FC(F)(F)c1ccc(Cl)c(Cl)c1Cl. The van der Waals surface area contributed by atoms with Crippen LogP contribution in [0.2, 0.25) is 20.2 Å². The van der Waals surface area contributed by atoms with Crippen LogP contribution in [0.3, 0.4) is 0 Å². The third-order valence-corrected chi connectivity index (χ3v) is 3.49. The lowest BCUT2D eigenvalue weighted by Crippen LogP contribution is -2.05. The Morgan fingerprint density at radius 3 is 1.90 bits per heavy atom. The maximum absolute atomic E-state index is 12.2. The molecule has 8 heteroatoms. The maximum atomic E-state index is 12.2. The molecule has 0 aliphatic carbocycles. The van der Waals surface area contributed by atoms with Gasteiger partial charge in [-0.25, -0.2) is 4.98 Å². The van der Waals surface area contributed by atoms with Crippen LogP contribution in [0.25, 0.3) is 0 Å². The summed E-state index contributed by atoms with van der Waals surface area (Å²) < 4.78 is 36.5. The van der Waals surface area contributed by atoms with Gasteiger partial charge in [0.05, 0.1) is 20.6 Å². The minimum absolute atomic E-state index is 0.000309. The van der Waals surface area contributed by atoms with Crippen LogP contribution in [0, 0.1) is 0 Å². The van der Waals surface area contributed by atoms with Crippen molar-refractivity contribution in [2.24, 2.45) is 0 Å². The molecule has 2 aromatic rings. The molecule has 0 saturated carbocycles. The molecule has 108 valence electrons. The highest BCUT2D eigenvalue weighted by Gasteiger charge is 2.34. The monoisotopic (exact) mass is 361 g/mol. The van der Waals surface area contributed by atoms with Crippen LogP contribution in [-0.4, -0.2) is 4.98 Å². The molecule has 2 rings (SSSR count). The smallest absolute Gasteiger partial charge is 0.245 e. The van der Waals surface area contributed by atoms with Crippen molar-refractivity contribution in [2.45, 2.75) is 6.18 Å². The van der Waals surface area contributed by atoms with Gasteiger partial charge in [-0.05, 0) is 24.3 Å². The Kier molecular flexibility index (Phi) is 6.40. The highest BCUT2D eigenvalue weighted by molar-refractivity contribution is 6.48. The molecule has 0 bridgehead atoms. The summed E-state index contributed by atoms with van der Waals surface area (Å²) in [6.45, 7) is 0. The minimum Gasteiger partial charge on any atom is -0.245 e. The molecule has 0 saturated heterocycles. The minimum atomic E-state index is -4.51. The van der Waals surface area contributed by atoms with Crippen LogP contribution in [0.4, 0.5) is 13.2 Å². The summed E-state index contributed by atoms with van der Waals surface area (Å²) in [4.78, 5) is 3.74. The number of alkyl halides is 3. The van der Waals surface area contributed by atoms with E-state index < -0.39 is 16.8 Å². The molecule has 1 aromatic heterocycles. The predicted octanol–water partition coefficient (Wildman–Crippen LogP) is 6.40. The van der Waals surface area contributed by atoms with E-state index in [1.807, 2.05) is 12.1 Å². The van der Waals surface area contributed by atoms with Gasteiger partial charge in [-0.3, -0.25) is 0 Å². The summed E-state index contributed by atoms with van der Waals surface area (Å²) in [6.07, 6.45) is -2.85. The van der Waals surface area contributed by atoms with Crippen LogP contribution >= 0.6 is 46.4 Å². The molecule has 0 unspecified atom stereocenters. The van der Waals surface area contributed by atoms with Crippen molar-refractivity contribution >= 4 is 46.4 Å². The van der Waals surface area contributed by atoms with Gasteiger partial charge in [-0.2, -0.15) is 13.2 Å². The number of hydrogen-bond acceptors (Lipinski definition) is 1. The van der Waals surface area contributed by atoms with Crippen LogP contribution in [0.1, 0.15) is 5.56 Å². The molecule has 0 atom stereocenters. The summed E-state index contributed by atoms with van der Waals surface area (Å²) in [7, 11) is 0. The van der Waals surface area contributed by atoms with Crippen molar-refractivity contribution in [3.05, 3.63) is 62.3 Å². The topological polar surface area (TPSA) is 12.9 Å². The second kappa shape index (κ2) is 7.36. The Hall–Kier alpha value is -0.680. The predicted molar refractivity (Wildman–Crippen MR) is 75.7 cm³/mol. The molecule has 1 aromatic carbocycles. The van der Waals surface area contributed by atoms with Crippen LogP contribution in [-0.2, 0) is 6.18 Å². The van der Waals surface area contributed by atoms with Crippen molar-refractivity contribution in [1.82, 2.24) is 4.98 Å². The van der Waals surface area contributed by atoms with E-state index in [9.17, 15) is 13.2 Å². The number of pyridine rings is 1. The zero-order valence-corrected chi connectivity index (χ0v) is 12.6. The van der Waals surface area contributed by atoms with E-state index in [1.165, 1.54) is 0 Å². The fraction of sp³-hybridized carbons (Fsp3) is 0.0833. The van der Waals surface area contributed by atoms with Crippen LogP contribution in [0.15, 0.2) is 36.5 Å². The van der Waals surface area contributed by atoms with Gasteiger partial charge >= 0.3 is 6.18 Å². The van der Waals surface area contributed by atoms with Crippen LogP contribution in [0.5, 0.6) is 0 Å². The number of benzene rings is 1. The third kappa shape index (κ3) is 5.02. The van der Waals surface area contributed by atoms with Gasteiger partial charge in [0, 0.05) is 6.20 Å². The third-order valence-electron chi connectivity index (χ3n) is 1.97. The summed E-state index contributed by atoms with van der Waals surface area (Å²) >= 11 is 21.7. The molecule has 0 radical (unpaired) electrons. The van der Waals surface area contributed by atoms with E-state index in [2.05, 4.69) is 4.98 Å². The summed E-state index contributed by atoms with van der Waals surface area (Å²) in [6, 6.07) is 7.25. The second-order valence-corrected chi connectivity index (χ2v) is 4.92. The highest BCUT2D eigenvalue weighted by atomic mass is 35.5. The zero-order chi connectivity index (χ0) is 15.3. The van der Waals surface area contributed by atoms with E-state index in [0.717, 1.165) is 12.1 Å². The molecule has 0 amide bonds. The Bertz CT molecular complexity index is 573. The number of rotatable bonds is 0. The molecule has 0 N–H and O–H groups in total. The number of nitrogens with zero attached hydrogens (tertiary/aromatic N) is 1. The second-order valence-electron chi connectivity index (χ2n) is 3.37. The van der Waals surface area contributed by atoms with E-state index in [4.69, 9.17) is 46.4 Å². The standard InChI is InChI=1S/C7H2Cl3F3.C5H4ClN/c8-4-2-1-3(7(11,12)13)5(9)6(4)10;6-5-3-1-2-4-7-5/h1-2H;1-4H. The molecule has 0 aliphatic rings. The molecule has 0 fully saturated rings. The maximum Gasteiger partial charge on any atom is 0.417 e. The number of aromatic nitrogens is 1. The largest absolute Gasteiger partial charge is 0.417 e. The van der Waals surface area contributed by atoms with E-state index >= 15 is 0 Å². The summed E-state index contributed by atoms with van der Waals surface area (Å²) in [5.41, 5.74) is -0.983. The normalized spacial score (nSPS) is 10.8. The Morgan fingerprint density at radius 1 is 0.850 bits per heavy atom. The first-order valence-electron chi connectivity index (χ1n) is 5.00. The highest BCUT2D eigenvalue weighted by Crippen LogP contribution is 2.40. The van der Waals surface area contributed by atoms with Gasteiger partial charge in [-0.1, -0.05) is 52.5 Å². The summed E-state index contributed by atoms with van der Waals surface area (Å²) in [5.74, 6) is 0. The Balaban J connectivity index is 0.000000240. The Labute approximate surface area is 133 Å². The first-order chi connectivity index (χ1) is 9.23. The molecular formula is C12H6Cl4F3N. The fourth-order valence-corrected chi connectivity index (χ4v) is 1.86. The first kappa shape index (κ1) is 17.4. The van der Waals surface area contributed by atoms with Gasteiger partial charge in [0.15, 0.2) is 0 Å². The fourth-order valence-electron chi connectivity index (χ4n) is 1.09. The number of hydrogen-bond donors (Lipinski definition) is 0. The van der Waals surface area contributed by atoms with Gasteiger partial charge < -0.3 is 0 Å². The lowest BCUT2D eigenvalue weighted by molar-refractivity contribution is -0.137. The molecule has 0 aliphatic heterocycles. The lowest BCUT2D eigenvalue weighted by atomic mass is 10.2. The molecule has 0 spiro atoms. The number of halogens is 7. The van der Waals surface area contributed by atoms with Crippen molar-refractivity contribution < 1.29 is 13.2 Å². The lowest BCUT2D eigenvalue weighted by Gasteiger charge is -2.09. The van der Waals surface area contributed by atoms with Gasteiger partial charge in [0.1, 0.15) is 5.15 Å². The van der Waals surface area contributed by atoms with Gasteiger partial charge in [0.2, 0.25) is 0 Å². The summed E-state index contributed by atoms with van der Waals surface area (Å²) in [5, 5.41) is -0.304.